The van der Waals surface area contributed by atoms with Crippen LogP contribution in [0.25, 0.3) is 11.1 Å². The number of nitrogens with one attached hydrogen (secondary N) is 2. The van der Waals surface area contributed by atoms with E-state index in [-0.39, 0.29) is 24.2 Å². The third-order valence-electron chi connectivity index (χ3n) is 4.98. The molecule has 2 N–H and O–H groups in total. The van der Waals surface area contributed by atoms with Crippen LogP contribution in [0.15, 0.2) is 36.4 Å². The van der Waals surface area contributed by atoms with E-state index in [1.54, 1.807) is 33.8 Å². The Morgan fingerprint density at radius 2 is 1.78 bits per heavy atom. The lowest BCUT2D eigenvalue weighted by atomic mass is 9.92. The second-order valence-corrected chi connectivity index (χ2v) is 9.00. The average molecular weight is 444 g/mol. The molecule has 0 unspecified atom stereocenters. The Morgan fingerprint density at radius 1 is 1.06 bits per heavy atom. The zero-order valence-electron chi connectivity index (χ0n) is 18.4. The second-order valence-electron chi connectivity index (χ2n) is 9.00. The van der Waals surface area contributed by atoms with Crippen LogP contribution in [0.2, 0.25) is 0 Å². The molecule has 0 spiro atoms. The van der Waals surface area contributed by atoms with Crippen molar-refractivity contribution in [3.05, 3.63) is 53.6 Å². The number of fused-ring (bicyclic) bond motifs is 4. The van der Waals surface area contributed by atoms with E-state index in [0.717, 1.165) is 0 Å². The second kappa shape index (κ2) is 9.06. The highest BCUT2D eigenvalue weighted by atomic mass is 19.1. The van der Waals surface area contributed by atoms with Crippen molar-refractivity contribution in [2.24, 2.45) is 5.92 Å². The summed E-state index contributed by atoms with van der Waals surface area (Å²) in [5.74, 6) is -2.54. The van der Waals surface area contributed by atoms with Crippen LogP contribution >= 0.6 is 0 Å². The van der Waals surface area contributed by atoms with Gasteiger partial charge in [0.2, 0.25) is 5.91 Å². The van der Waals surface area contributed by atoms with Gasteiger partial charge in [0.15, 0.2) is 0 Å². The van der Waals surface area contributed by atoms with Gasteiger partial charge in [-0.05, 0) is 68.3 Å². The summed E-state index contributed by atoms with van der Waals surface area (Å²) in [5.41, 5.74) is 0.439. The molecule has 0 aliphatic carbocycles. The van der Waals surface area contributed by atoms with Gasteiger partial charge >= 0.3 is 6.09 Å². The molecular weight excluding hydrogens is 418 g/mol. The maximum absolute atomic E-state index is 14.6. The number of carbonyl (C=O) groups excluding carboxylic acids is 3. The molecule has 2 atom stereocenters. The zero-order valence-corrected chi connectivity index (χ0v) is 18.4. The number of ketones is 1. The maximum atomic E-state index is 14.6. The van der Waals surface area contributed by atoms with Crippen LogP contribution in [0.1, 0.15) is 52.1 Å². The van der Waals surface area contributed by atoms with Crippen LogP contribution in [-0.2, 0) is 14.3 Å². The van der Waals surface area contributed by atoms with Crippen LogP contribution in [-0.4, -0.2) is 23.4 Å². The SMILES string of the molecule is C[C@@H]1CC(=O)C[C@H](NC(=O)OC(C)(C)C)c2cc(F)cc(c2)-c2cc(F)ccc2NC1=O. The number of halogens is 2. The molecule has 6 nitrogen and oxygen atoms in total. The quantitative estimate of drug-likeness (QED) is 0.638. The number of benzene rings is 2. The van der Waals surface area contributed by atoms with Gasteiger partial charge in [-0.25, -0.2) is 13.6 Å². The molecule has 8 heteroatoms. The van der Waals surface area contributed by atoms with E-state index < -0.39 is 41.2 Å². The Bertz CT molecular complexity index is 1060. The fourth-order valence-electron chi connectivity index (χ4n) is 3.54. The molecule has 2 aromatic rings. The van der Waals surface area contributed by atoms with Crippen molar-refractivity contribution in [2.75, 3.05) is 5.32 Å². The largest absolute Gasteiger partial charge is 0.444 e. The number of anilines is 1. The Hall–Kier alpha value is -3.29. The lowest BCUT2D eigenvalue weighted by Crippen LogP contribution is -2.36. The number of hydrogen-bond acceptors (Lipinski definition) is 4. The number of carbonyl (C=O) groups is 3. The topological polar surface area (TPSA) is 84.5 Å². The van der Waals surface area contributed by atoms with Gasteiger partial charge in [-0.1, -0.05) is 6.92 Å². The lowest BCUT2D eigenvalue weighted by Gasteiger charge is -2.25. The van der Waals surface area contributed by atoms with Crippen molar-refractivity contribution in [3.8, 4) is 11.1 Å². The van der Waals surface area contributed by atoms with E-state index in [0.29, 0.717) is 16.8 Å². The molecule has 1 aliphatic rings. The molecule has 1 heterocycles. The predicted molar refractivity (Wildman–Crippen MR) is 116 cm³/mol. The number of amides is 2. The fourth-order valence-corrected chi connectivity index (χ4v) is 3.54. The molecule has 170 valence electrons. The van der Waals surface area contributed by atoms with Crippen LogP contribution in [0.3, 0.4) is 0 Å². The van der Waals surface area contributed by atoms with Gasteiger partial charge < -0.3 is 15.4 Å². The minimum absolute atomic E-state index is 0.0724. The number of ether oxygens (including phenoxy) is 1. The molecule has 0 fully saturated rings. The highest BCUT2D eigenvalue weighted by Crippen LogP contribution is 2.33. The van der Waals surface area contributed by atoms with Crippen LogP contribution in [0, 0.1) is 17.6 Å². The van der Waals surface area contributed by atoms with E-state index in [1.165, 1.54) is 30.3 Å². The first-order valence-corrected chi connectivity index (χ1v) is 10.3. The monoisotopic (exact) mass is 444 g/mol. The van der Waals surface area contributed by atoms with Crippen LogP contribution < -0.4 is 10.6 Å². The summed E-state index contributed by atoms with van der Waals surface area (Å²) in [6.45, 7) is 6.71. The van der Waals surface area contributed by atoms with Gasteiger partial charge in [0, 0.05) is 30.0 Å². The van der Waals surface area contributed by atoms with E-state index in [4.69, 9.17) is 4.74 Å². The Labute approximate surface area is 185 Å². The van der Waals surface area contributed by atoms with E-state index in [9.17, 15) is 23.2 Å². The van der Waals surface area contributed by atoms with E-state index >= 15 is 0 Å². The molecule has 2 bridgehead atoms. The normalized spacial score (nSPS) is 19.2. The molecule has 0 saturated carbocycles. The molecular formula is C24H26F2N2O4. The Balaban J connectivity index is 2.11. The summed E-state index contributed by atoms with van der Waals surface area (Å²) in [6, 6.07) is 6.87. The van der Waals surface area contributed by atoms with Gasteiger partial charge in [0.05, 0.1) is 6.04 Å². The van der Waals surface area contributed by atoms with E-state index in [2.05, 4.69) is 10.6 Å². The van der Waals surface area contributed by atoms with Crippen molar-refractivity contribution in [2.45, 2.75) is 52.2 Å². The lowest BCUT2D eigenvalue weighted by molar-refractivity contribution is -0.126. The highest BCUT2D eigenvalue weighted by Gasteiger charge is 2.27. The zero-order chi connectivity index (χ0) is 23.6. The molecule has 2 amide bonds. The van der Waals surface area contributed by atoms with Crippen molar-refractivity contribution < 1.29 is 27.9 Å². The fraction of sp³-hybridized carbons (Fsp3) is 0.375. The molecule has 0 aromatic heterocycles. The predicted octanol–water partition coefficient (Wildman–Crippen LogP) is 5.14. The molecule has 32 heavy (non-hydrogen) atoms. The van der Waals surface area contributed by atoms with Crippen LogP contribution in [0.5, 0.6) is 0 Å². The van der Waals surface area contributed by atoms with Crippen molar-refractivity contribution in [3.63, 3.8) is 0 Å². The summed E-state index contributed by atoms with van der Waals surface area (Å²) in [4.78, 5) is 37.7. The van der Waals surface area contributed by atoms with Gasteiger partial charge in [-0.3, -0.25) is 9.59 Å². The summed E-state index contributed by atoms with van der Waals surface area (Å²) in [6.07, 6.45) is -0.988. The van der Waals surface area contributed by atoms with Crippen LogP contribution in [0.4, 0.5) is 19.3 Å². The highest BCUT2D eigenvalue weighted by molar-refractivity contribution is 5.98. The Morgan fingerprint density at radius 3 is 2.47 bits per heavy atom. The maximum Gasteiger partial charge on any atom is 0.408 e. The summed E-state index contributed by atoms with van der Waals surface area (Å²) < 4.78 is 33.9. The smallest absolute Gasteiger partial charge is 0.408 e. The summed E-state index contributed by atoms with van der Waals surface area (Å²) in [5, 5.41) is 5.34. The van der Waals surface area contributed by atoms with Gasteiger partial charge in [-0.2, -0.15) is 0 Å². The summed E-state index contributed by atoms with van der Waals surface area (Å²) >= 11 is 0. The Kier molecular flexibility index (Phi) is 6.62. The van der Waals surface area contributed by atoms with Gasteiger partial charge in [0.1, 0.15) is 23.0 Å². The molecule has 2 aromatic carbocycles. The van der Waals surface area contributed by atoms with Crippen molar-refractivity contribution in [1.29, 1.82) is 0 Å². The molecule has 3 rings (SSSR count). The van der Waals surface area contributed by atoms with Gasteiger partial charge in [0.25, 0.3) is 0 Å². The van der Waals surface area contributed by atoms with E-state index in [1.807, 2.05) is 0 Å². The first kappa shape index (κ1) is 23.4. The standard InChI is InChI=1S/C24H26F2N2O4/c1-13-7-18(29)12-21(28-23(31)32-24(2,3)4)15-8-14(9-17(26)10-15)19-11-16(25)5-6-20(19)27-22(13)30/h5-6,8-11,13,21H,7,12H2,1-4H3,(H,27,30)(H,28,31)/t13-,21+/m1/s1. The number of Topliss-reactive ketones (excluding diaryl/α,β-unsaturated/α-hetero) is 1. The average Bonchev–Trinajstić information content (AvgIpc) is 2.66. The molecule has 1 aliphatic heterocycles. The number of alkyl carbamates (subject to hydrolysis) is 1. The third kappa shape index (κ3) is 5.90. The molecule has 0 radical (unpaired) electrons. The molecule has 0 saturated heterocycles. The minimum atomic E-state index is -0.890. The number of hydrogen-bond donors (Lipinski definition) is 2. The first-order chi connectivity index (χ1) is 14.9. The van der Waals surface area contributed by atoms with Crippen molar-refractivity contribution in [1.82, 2.24) is 5.32 Å². The van der Waals surface area contributed by atoms with Crippen molar-refractivity contribution >= 4 is 23.5 Å². The first-order valence-electron chi connectivity index (χ1n) is 10.3. The number of rotatable bonds is 1. The van der Waals surface area contributed by atoms with Gasteiger partial charge in [-0.15, -0.1) is 0 Å². The third-order valence-corrected chi connectivity index (χ3v) is 4.98. The minimum Gasteiger partial charge on any atom is -0.444 e. The summed E-state index contributed by atoms with van der Waals surface area (Å²) in [7, 11) is 0.